The van der Waals surface area contributed by atoms with Crippen LogP contribution in [0.15, 0.2) is 29.2 Å². The summed E-state index contributed by atoms with van der Waals surface area (Å²) in [5, 5.41) is 10.7. The van der Waals surface area contributed by atoms with Gasteiger partial charge in [-0.1, -0.05) is 0 Å². The third-order valence-corrected chi connectivity index (χ3v) is 3.55. The van der Waals surface area contributed by atoms with Crippen LogP contribution < -0.4 is 26.6 Å². The molecule has 2 unspecified atom stereocenters. The van der Waals surface area contributed by atoms with Gasteiger partial charge in [-0.15, -0.1) is 0 Å². The van der Waals surface area contributed by atoms with Crippen LogP contribution in [-0.4, -0.2) is 26.7 Å². The van der Waals surface area contributed by atoms with Crippen molar-refractivity contribution in [3.05, 3.63) is 24.3 Å². The fourth-order valence-corrected chi connectivity index (χ4v) is 2.07. The highest BCUT2D eigenvalue weighted by atomic mass is 32.2. The number of nitrogens with two attached hydrogens (primary N) is 1. The zero-order valence-corrected chi connectivity index (χ0v) is 11.0. The van der Waals surface area contributed by atoms with Crippen molar-refractivity contribution in [3.8, 4) is 0 Å². The van der Waals surface area contributed by atoms with Crippen LogP contribution in [0.5, 0.6) is 0 Å². The Labute approximate surface area is 110 Å². The summed E-state index contributed by atoms with van der Waals surface area (Å²) in [6, 6.07) is 5.58. The topological polar surface area (TPSA) is 125 Å². The molecule has 0 spiro atoms. The maximum atomic E-state index is 11.4. The Hall–Kier alpha value is -1.68. The highest BCUT2D eigenvalue weighted by Crippen LogP contribution is 2.13. The molecule has 9 heteroatoms. The van der Waals surface area contributed by atoms with Gasteiger partial charge in [0, 0.05) is 5.69 Å². The first kappa shape index (κ1) is 13.7. The first-order valence-corrected chi connectivity index (χ1v) is 7.12. The maximum absolute atomic E-state index is 11.4. The molecule has 1 heterocycles. The van der Waals surface area contributed by atoms with Crippen molar-refractivity contribution in [2.24, 2.45) is 5.14 Å². The van der Waals surface area contributed by atoms with Crippen LogP contribution in [-0.2, 0) is 14.8 Å². The summed E-state index contributed by atoms with van der Waals surface area (Å²) in [6.07, 6.45) is -0.482. The molecular formula is C10H15N5O3S. The van der Waals surface area contributed by atoms with E-state index < -0.39 is 16.3 Å². The molecule has 1 aliphatic rings. The number of benzene rings is 1. The number of hydrogen-bond donors (Lipinski definition) is 5. The highest BCUT2D eigenvalue weighted by Gasteiger charge is 2.22. The number of nitrogens with one attached hydrogen (secondary N) is 4. The standard InChI is InChI=1S/C10H15N5O3S/c1-6-9(16)13-10(15-14-6)12-7-2-4-8(5-3-7)19(11,17)18/h2-6,10,12,14-15H,1H3,(H,13,16)(H2,11,17,18). The van der Waals surface area contributed by atoms with Crippen LogP contribution in [0.25, 0.3) is 0 Å². The number of anilines is 1. The second kappa shape index (κ2) is 5.13. The van der Waals surface area contributed by atoms with Gasteiger partial charge in [0.1, 0.15) is 0 Å². The molecule has 2 atom stereocenters. The van der Waals surface area contributed by atoms with Crippen molar-refractivity contribution in [1.82, 2.24) is 16.2 Å². The first-order chi connectivity index (χ1) is 8.86. The molecule has 1 fully saturated rings. The molecule has 0 radical (unpaired) electrons. The summed E-state index contributed by atoms with van der Waals surface area (Å²) in [7, 11) is -3.69. The van der Waals surface area contributed by atoms with Crippen molar-refractivity contribution in [3.63, 3.8) is 0 Å². The normalized spacial score (nSPS) is 23.8. The van der Waals surface area contributed by atoms with E-state index in [9.17, 15) is 13.2 Å². The number of hydrogen-bond acceptors (Lipinski definition) is 6. The minimum absolute atomic E-state index is 0.0328. The lowest BCUT2D eigenvalue weighted by Gasteiger charge is -2.30. The molecule has 8 nitrogen and oxygen atoms in total. The van der Waals surface area contributed by atoms with E-state index in [1.807, 2.05) is 0 Å². The zero-order valence-electron chi connectivity index (χ0n) is 10.2. The Morgan fingerprint density at radius 1 is 1.21 bits per heavy atom. The van der Waals surface area contributed by atoms with Crippen LogP contribution in [0.3, 0.4) is 0 Å². The van der Waals surface area contributed by atoms with Crippen LogP contribution >= 0.6 is 0 Å². The molecule has 1 saturated heterocycles. The van der Waals surface area contributed by atoms with Crippen LogP contribution in [0.1, 0.15) is 6.92 Å². The van der Waals surface area contributed by atoms with Gasteiger partial charge in [-0.3, -0.25) is 4.79 Å². The number of carbonyl (C=O) groups excluding carboxylic acids is 1. The van der Waals surface area contributed by atoms with Crippen LogP contribution in [0.2, 0.25) is 0 Å². The molecule has 19 heavy (non-hydrogen) atoms. The summed E-state index contributed by atoms with van der Waals surface area (Å²) in [4.78, 5) is 11.5. The van der Waals surface area contributed by atoms with Crippen molar-refractivity contribution in [2.75, 3.05) is 5.32 Å². The monoisotopic (exact) mass is 285 g/mol. The lowest BCUT2D eigenvalue weighted by molar-refractivity contribution is -0.125. The van der Waals surface area contributed by atoms with Crippen LogP contribution in [0, 0.1) is 0 Å². The Kier molecular flexibility index (Phi) is 3.71. The number of carbonyl (C=O) groups is 1. The smallest absolute Gasteiger partial charge is 0.240 e. The molecule has 6 N–H and O–H groups in total. The Morgan fingerprint density at radius 3 is 2.37 bits per heavy atom. The van der Waals surface area contributed by atoms with E-state index in [1.165, 1.54) is 12.1 Å². The van der Waals surface area contributed by atoms with Crippen molar-refractivity contribution in [2.45, 2.75) is 24.2 Å². The van der Waals surface area contributed by atoms with E-state index in [2.05, 4.69) is 21.5 Å². The zero-order chi connectivity index (χ0) is 14.0. The largest absolute Gasteiger partial charge is 0.352 e. The molecule has 0 bridgehead atoms. The van der Waals surface area contributed by atoms with Gasteiger partial charge in [0.2, 0.25) is 15.9 Å². The molecule has 2 rings (SSSR count). The van der Waals surface area contributed by atoms with Gasteiger partial charge in [-0.2, -0.15) is 0 Å². The SMILES string of the molecule is CC1NNC(Nc2ccc(S(N)(=O)=O)cc2)NC1=O. The van der Waals surface area contributed by atoms with E-state index >= 15 is 0 Å². The van der Waals surface area contributed by atoms with Crippen molar-refractivity contribution in [1.29, 1.82) is 0 Å². The highest BCUT2D eigenvalue weighted by molar-refractivity contribution is 7.89. The number of hydrazine groups is 1. The first-order valence-electron chi connectivity index (χ1n) is 5.57. The van der Waals surface area contributed by atoms with E-state index in [0.29, 0.717) is 5.69 Å². The van der Waals surface area contributed by atoms with Crippen molar-refractivity contribution < 1.29 is 13.2 Å². The molecule has 0 aliphatic carbocycles. The Balaban J connectivity index is 2.02. The molecule has 1 amide bonds. The quantitative estimate of drug-likeness (QED) is 0.467. The second-order valence-electron chi connectivity index (χ2n) is 4.17. The van der Waals surface area contributed by atoms with E-state index in [-0.39, 0.29) is 16.8 Å². The lowest BCUT2D eigenvalue weighted by atomic mass is 10.3. The second-order valence-corrected chi connectivity index (χ2v) is 5.73. The Morgan fingerprint density at radius 2 is 1.84 bits per heavy atom. The summed E-state index contributed by atoms with van der Waals surface area (Å²) in [5.74, 6) is -0.141. The fourth-order valence-electron chi connectivity index (χ4n) is 1.56. The molecule has 0 aromatic heterocycles. The maximum Gasteiger partial charge on any atom is 0.240 e. The van der Waals surface area contributed by atoms with Gasteiger partial charge >= 0.3 is 0 Å². The predicted octanol–water partition coefficient (Wildman–Crippen LogP) is -1.36. The van der Waals surface area contributed by atoms with Crippen molar-refractivity contribution >= 4 is 21.6 Å². The Bertz CT molecular complexity index is 571. The minimum atomic E-state index is -3.69. The average molecular weight is 285 g/mol. The molecule has 1 aliphatic heterocycles. The minimum Gasteiger partial charge on any atom is -0.352 e. The summed E-state index contributed by atoms with van der Waals surface area (Å²) < 4.78 is 22.2. The molecule has 1 aromatic rings. The molecular weight excluding hydrogens is 270 g/mol. The van der Waals surface area contributed by atoms with Gasteiger partial charge in [0.25, 0.3) is 0 Å². The summed E-state index contributed by atoms with van der Waals surface area (Å²) >= 11 is 0. The predicted molar refractivity (Wildman–Crippen MR) is 69.1 cm³/mol. The molecule has 0 saturated carbocycles. The fraction of sp³-hybridized carbons (Fsp3) is 0.300. The van der Waals surface area contributed by atoms with Gasteiger partial charge in [-0.05, 0) is 31.2 Å². The number of amides is 1. The number of sulfonamides is 1. The van der Waals surface area contributed by atoms with E-state index in [1.54, 1.807) is 19.1 Å². The van der Waals surface area contributed by atoms with Crippen LogP contribution in [0.4, 0.5) is 5.69 Å². The number of primary sulfonamides is 1. The number of rotatable bonds is 3. The average Bonchev–Trinajstić information content (AvgIpc) is 2.33. The van der Waals surface area contributed by atoms with Gasteiger partial charge < -0.3 is 10.6 Å². The summed E-state index contributed by atoms with van der Waals surface area (Å²) in [5.41, 5.74) is 6.29. The van der Waals surface area contributed by atoms with Gasteiger partial charge in [-0.25, -0.2) is 24.4 Å². The summed E-state index contributed by atoms with van der Waals surface area (Å²) in [6.45, 7) is 1.72. The third-order valence-electron chi connectivity index (χ3n) is 2.62. The lowest BCUT2D eigenvalue weighted by Crippen LogP contribution is -2.66. The van der Waals surface area contributed by atoms with Gasteiger partial charge in [0.05, 0.1) is 10.9 Å². The molecule has 1 aromatic carbocycles. The van der Waals surface area contributed by atoms with Gasteiger partial charge in [0.15, 0.2) is 6.29 Å². The van der Waals surface area contributed by atoms with E-state index in [4.69, 9.17) is 5.14 Å². The molecule has 104 valence electrons. The third kappa shape index (κ3) is 3.41. The van der Waals surface area contributed by atoms with E-state index in [0.717, 1.165) is 0 Å².